The van der Waals surface area contributed by atoms with Crippen LogP contribution in [0.2, 0.25) is 0 Å². The van der Waals surface area contributed by atoms with E-state index in [0.717, 1.165) is 24.2 Å². The van der Waals surface area contributed by atoms with E-state index in [9.17, 15) is 0 Å². The third kappa shape index (κ3) is 7.19. The van der Waals surface area contributed by atoms with E-state index in [1.807, 2.05) is 42.5 Å². The molecule has 1 unspecified atom stereocenters. The predicted molar refractivity (Wildman–Crippen MR) is 147 cm³/mol. The number of hydrogen-bond donors (Lipinski definition) is 0. The molecule has 0 saturated heterocycles. The predicted octanol–water partition coefficient (Wildman–Crippen LogP) is 9.62. The minimum Gasteiger partial charge on any atom is -0.491 e. The van der Waals surface area contributed by atoms with Crippen molar-refractivity contribution in [1.29, 1.82) is 0 Å². The molecule has 1 atom stereocenters. The second kappa shape index (κ2) is 13.0. The van der Waals surface area contributed by atoms with Crippen LogP contribution in [0.3, 0.4) is 0 Å². The molecule has 0 radical (unpaired) electrons. The molecule has 0 aliphatic carbocycles. The van der Waals surface area contributed by atoms with Gasteiger partial charge in [-0.2, -0.15) is 0 Å². The van der Waals surface area contributed by atoms with Crippen molar-refractivity contribution < 1.29 is 18.3 Å². The zero-order valence-corrected chi connectivity index (χ0v) is 21.6. The van der Waals surface area contributed by atoms with Crippen LogP contribution in [0, 0.1) is 11.6 Å². The summed E-state index contributed by atoms with van der Waals surface area (Å²) < 4.78 is 42.0. The van der Waals surface area contributed by atoms with E-state index >= 15 is 8.78 Å². The number of rotatable bonds is 12. The van der Waals surface area contributed by atoms with Gasteiger partial charge in [-0.05, 0) is 60.7 Å². The molecule has 0 heterocycles. The summed E-state index contributed by atoms with van der Waals surface area (Å²) >= 11 is 0. The highest BCUT2D eigenvalue weighted by Crippen LogP contribution is 2.33. The molecule has 0 N–H and O–H groups in total. The maximum atomic E-state index is 15.1. The Morgan fingerprint density at radius 3 is 1.78 bits per heavy atom. The van der Waals surface area contributed by atoms with Crippen molar-refractivity contribution in [1.82, 2.24) is 0 Å². The van der Waals surface area contributed by atoms with Crippen molar-refractivity contribution >= 4 is 0 Å². The smallest absolute Gasteiger partial charge is 0.167 e. The molecule has 0 amide bonds. The molecule has 4 aromatic carbocycles. The number of hydrogen-bond acceptors (Lipinski definition) is 2. The van der Waals surface area contributed by atoms with Crippen molar-refractivity contribution in [2.24, 2.45) is 0 Å². The Balaban J connectivity index is 1.40. The summed E-state index contributed by atoms with van der Waals surface area (Å²) in [5.41, 5.74) is 2.70. The molecule has 0 bridgehead atoms. The summed E-state index contributed by atoms with van der Waals surface area (Å²) in [6, 6.07) is 27.3. The first kappa shape index (κ1) is 26.4. The second-order valence-corrected chi connectivity index (χ2v) is 9.39. The quantitative estimate of drug-likeness (QED) is 0.180. The van der Waals surface area contributed by atoms with Gasteiger partial charge in [-0.15, -0.1) is 0 Å². The number of halogens is 2. The molecule has 2 nitrogen and oxygen atoms in total. The summed E-state index contributed by atoms with van der Waals surface area (Å²) in [7, 11) is 0. The van der Waals surface area contributed by atoms with Crippen LogP contribution in [-0.4, -0.2) is 6.10 Å². The molecule has 4 heteroatoms. The summed E-state index contributed by atoms with van der Waals surface area (Å²) in [4.78, 5) is 0. The topological polar surface area (TPSA) is 18.5 Å². The lowest BCUT2D eigenvalue weighted by molar-refractivity contribution is 0.206. The van der Waals surface area contributed by atoms with E-state index < -0.39 is 11.6 Å². The molecular weight excluding hydrogens is 466 g/mol. The summed E-state index contributed by atoms with van der Waals surface area (Å²) in [6.45, 7) is 4.71. The van der Waals surface area contributed by atoms with Gasteiger partial charge in [0.2, 0.25) is 0 Å². The van der Waals surface area contributed by atoms with Gasteiger partial charge in [0.25, 0.3) is 0 Å². The maximum absolute atomic E-state index is 15.1. The van der Waals surface area contributed by atoms with Crippen LogP contribution in [0.15, 0.2) is 91.0 Å². The first-order chi connectivity index (χ1) is 18.0. The zero-order chi connectivity index (χ0) is 26.0. The van der Waals surface area contributed by atoms with Crippen molar-refractivity contribution in [3.63, 3.8) is 0 Å². The Morgan fingerprint density at radius 1 is 0.649 bits per heavy atom. The van der Waals surface area contributed by atoms with Gasteiger partial charge in [0.05, 0.1) is 6.10 Å². The van der Waals surface area contributed by atoms with E-state index in [0.29, 0.717) is 23.5 Å². The Labute approximate surface area is 218 Å². The highest BCUT2D eigenvalue weighted by atomic mass is 19.2. The van der Waals surface area contributed by atoms with Crippen LogP contribution < -0.4 is 9.47 Å². The number of ether oxygens (including phenoxy) is 2. The van der Waals surface area contributed by atoms with Crippen LogP contribution in [-0.2, 0) is 6.61 Å². The number of benzene rings is 4. The van der Waals surface area contributed by atoms with Gasteiger partial charge < -0.3 is 9.47 Å². The van der Waals surface area contributed by atoms with Gasteiger partial charge in [0.1, 0.15) is 18.1 Å². The number of unbranched alkanes of at least 4 members (excludes halogenated alkanes) is 3. The van der Waals surface area contributed by atoms with Crippen LogP contribution in [0.5, 0.6) is 11.5 Å². The Hall–Kier alpha value is -3.66. The third-order valence-corrected chi connectivity index (χ3v) is 6.46. The molecule has 0 spiro atoms. The molecule has 0 saturated carbocycles. The molecular formula is C33H34F2O2. The maximum Gasteiger partial charge on any atom is 0.167 e. The van der Waals surface area contributed by atoms with Crippen LogP contribution in [0.25, 0.3) is 22.3 Å². The summed E-state index contributed by atoms with van der Waals surface area (Å²) in [5.74, 6) is -0.321. The fourth-order valence-corrected chi connectivity index (χ4v) is 4.33. The zero-order valence-electron chi connectivity index (χ0n) is 21.6. The molecule has 0 aromatic heterocycles. The Morgan fingerprint density at radius 2 is 1.22 bits per heavy atom. The van der Waals surface area contributed by atoms with E-state index in [1.165, 1.54) is 19.3 Å². The van der Waals surface area contributed by atoms with Crippen LogP contribution in [0.1, 0.15) is 51.5 Å². The monoisotopic (exact) mass is 500 g/mol. The normalized spacial score (nSPS) is 11.8. The molecule has 0 aliphatic rings. The van der Waals surface area contributed by atoms with Crippen molar-refractivity contribution in [3.05, 3.63) is 108 Å². The van der Waals surface area contributed by atoms with E-state index in [4.69, 9.17) is 9.47 Å². The lowest BCUT2D eigenvalue weighted by Gasteiger charge is -2.15. The Bertz CT molecular complexity index is 1250. The highest BCUT2D eigenvalue weighted by molar-refractivity contribution is 5.72. The second-order valence-electron chi connectivity index (χ2n) is 9.39. The fraction of sp³-hybridized carbons (Fsp3) is 0.273. The first-order valence-corrected chi connectivity index (χ1v) is 13.1. The van der Waals surface area contributed by atoms with Crippen molar-refractivity contribution in [2.75, 3.05) is 0 Å². The first-order valence-electron chi connectivity index (χ1n) is 13.1. The van der Waals surface area contributed by atoms with E-state index in [-0.39, 0.29) is 17.2 Å². The lowest BCUT2D eigenvalue weighted by Crippen LogP contribution is -2.11. The van der Waals surface area contributed by atoms with Gasteiger partial charge in [-0.1, -0.05) is 92.9 Å². The van der Waals surface area contributed by atoms with Crippen molar-refractivity contribution in [3.8, 4) is 33.8 Å². The van der Waals surface area contributed by atoms with Gasteiger partial charge >= 0.3 is 0 Å². The molecule has 4 rings (SSSR count). The van der Waals surface area contributed by atoms with Gasteiger partial charge in [0.15, 0.2) is 11.6 Å². The summed E-state index contributed by atoms with van der Waals surface area (Å²) in [5, 5.41) is 0. The molecule has 0 fully saturated rings. The van der Waals surface area contributed by atoms with E-state index in [1.54, 1.807) is 48.5 Å². The lowest BCUT2D eigenvalue weighted by atomic mass is 9.98. The summed E-state index contributed by atoms with van der Waals surface area (Å²) in [6.07, 6.45) is 5.95. The van der Waals surface area contributed by atoms with Crippen molar-refractivity contribution in [2.45, 2.75) is 58.7 Å². The fourth-order valence-electron chi connectivity index (χ4n) is 4.33. The third-order valence-electron chi connectivity index (χ3n) is 6.46. The molecule has 0 aliphatic heterocycles. The highest BCUT2D eigenvalue weighted by Gasteiger charge is 2.16. The van der Waals surface area contributed by atoms with Gasteiger partial charge in [-0.3, -0.25) is 0 Å². The average molecular weight is 501 g/mol. The van der Waals surface area contributed by atoms with Crippen LogP contribution >= 0.6 is 0 Å². The van der Waals surface area contributed by atoms with Crippen LogP contribution in [0.4, 0.5) is 8.78 Å². The standard InChI is InChI=1S/C33H34F2O2/c1-3-4-5-7-10-24(2)37-29-19-15-27(16-20-29)31-22-21-30(32(34)33(31)35)26-13-17-28(18-14-26)36-23-25-11-8-6-9-12-25/h6,8-9,11-22,24H,3-5,7,10,23H2,1-2H3. The molecule has 192 valence electrons. The minimum absolute atomic E-state index is 0.117. The SMILES string of the molecule is CCCCCCC(C)Oc1ccc(-c2ccc(-c3ccc(OCc4ccccc4)cc3)c(F)c2F)cc1. The van der Waals surface area contributed by atoms with Gasteiger partial charge in [-0.25, -0.2) is 8.78 Å². The Kier molecular flexibility index (Phi) is 9.31. The largest absolute Gasteiger partial charge is 0.491 e. The average Bonchev–Trinajstić information content (AvgIpc) is 2.93. The van der Waals surface area contributed by atoms with Gasteiger partial charge in [0, 0.05) is 11.1 Å². The molecule has 37 heavy (non-hydrogen) atoms. The minimum atomic E-state index is -0.864. The van der Waals surface area contributed by atoms with E-state index in [2.05, 4.69) is 13.8 Å². The molecule has 4 aromatic rings.